The zero-order chi connectivity index (χ0) is 15.6. The summed E-state index contributed by atoms with van der Waals surface area (Å²) in [6.07, 6.45) is 0.400. The predicted molar refractivity (Wildman–Crippen MR) is 76.8 cm³/mol. The number of hydrogen-bond acceptors (Lipinski definition) is 5. The summed E-state index contributed by atoms with van der Waals surface area (Å²) in [5.41, 5.74) is 0.668. The smallest absolute Gasteiger partial charge is 0.311 e. The fraction of sp³-hybridized carbons (Fsp3) is 0.500. The summed E-state index contributed by atoms with van der Waals surface area (Å²) >= 11 is 0. The summed E-state index contributed by atoms with van der Waals surface area (Å²) in [6, 6.07) is 4.65. The minimum absolute atomic E-state index is 0.0820. The Labute approximate surface area is 122 Å². The summed E-state index contributed by atoms with van der Waals surface area (Å²) in [6.45, 7) is 4.63. The fourth-order valence-electron chi connectivity index (χ4n) is 2.40. The lowest BCUT2D eigenvalue weighted by atomic mass is 10.1. The first-order valence-electron chi connectivity index (χ1n) is 6.81. The van der Waals surface area contributed by atoms with Gasteiger partial charge < -0.3 is 14.7 Å². The zero-order valence-corrected chi connectivity index (χ0v) is 12.0. The minimum atomic E-state index is -0.807. The van der Waals surface area contributed by atoms with Crippen molar-refractivity contribution in [1.29, 1.82) is 0 Å². The van der Waals surface area contributed by atoms with Crippen LogP contribution in [0, 0.1) is 16.0 Å². The summed E-state index contributed by atoms with van der Waals surface area (Å²) < 4.78 is 5.50. The van der Waals surface area contributed by atoms with Crippen molar-refractivity contribution in [2.75, 3.05) is 18.0 Å². The molecule has 21 heavy (non-hydrogen) atoms. The molecule has 1 aliphatic rings. The topological polar surface area (TPSA) is 92.9 Å². The van der Waals surface area contributed by atoms with E-state index in [-0.39, 0.29) is 17.5 Å². The Kier molecular flexibility index (Phi) is 4.30. The third kappa shape index (κ3) is 3.42. The molecule has 1 aromatic rings. The summed E-state index contributed by atoms with van der Waals surface area (Å²) in [7, 11) is 0. The van der Waals surface area contributed by atoms with Crippen molar-refractivity contribution in [1.82, 2.24) is 0 Å². The summed E-state index contributed by atoms with van der Waals surface area (Å²) in [4.78, 5) is 23.4. The number of rotatable bonds is 5. The molecule has 1 heterocycles. The van der Waals surface area contributed by atoms with Crippen LogP contribution in [-0.2, 0) is 4.79 Å². The number of nitro benzene ring substituents is 1. The molecule has 2 rings (SSSR count). The quantitative estimate of drug-likeness (QED) is 0.661. The third-order valence-corrected chi connectivity index (χ3v) is 3.41. The average molecular weight is 294 g/mol. The molecule has 0 spiro atoms. The molecule has 1 saturated heterocycles. The number of nitrogens with zero attached hydrogens (tertiary/aromatic N) is 2. The van der Waals surface area contributed by atoms with Crippen molar-refractivity contribution in [2.45, 2.75) is 26.4 Å². The number of carboxylic acids is 1. The second-order valence-electron chi connectivity index (χ2n) is 5.35. The second-order valence-corrected chi connectivity index (χ2v) is 5.35. The van der Waals surface area contributed by atoms with Crippen LogP contribution >= 0.6 is 0 Å². The van der Waals surface area contributed by atoms with Crippen LogP contribution in [0.1, 0.15) is 20.3 Å². The Hall–Kier alpha value is -2.31. The van der Waals surface area contributed by atoms with Crippen LogP contribution in [0.15, 0.2) is 18.2 Å². The fourth-order valence-corrected chi connectivity index (χ4v) is 2.40. The predicted octanol–water partition coefficient (Wildman–Crippen LogP) is 2.29. The largest absolute Gasteiger partial charge is 0.484 e. The van der Waals surface area contributed by atoms with Crippen LogP contribution in [0.25, 0.3) is 0 Å². The van der Waals surface area contributed by atoms with E-state index in [1.807, 2.05) is 4.90 Å². The molecule has 0 radical (unpaired) electrons. The lowest BCUT2D eigenvalue weighted by Gasteiger charge is -2.19. The zero-order valence-electron chi connectivity index (χ0n) is 12.0. The van der Waals surface area contributed by atoms with Gasteiger partial charge >= 0.3 is 11.7 Å². The lowest BCUT2D eigenvalue weighted by molar-refractivity contribution is -0.386. The molecular formula is C14H18N2O5. The molecule has 0 saturated carbocycles. The lowest BCUT2D eigenvalue weighted by Crippen LogP contribution is -2.22. The Morgan fingerprint density at radius 1 is 1.52 bits per heavy atom. The van der Waals surface area contributed by atoms with Crippen LogP contribution in [0.4, 0.5) is 11.4 Å². The van der Waals surface area contributed by atoms with Gasteiger partial charge in [0.2, 0.25) is 0 Å². The van der Waals surface area contributed by atoms with Gasteiger partial charge in [-0.05, 0) is 26.3 Å². The number of hydrogen-bond donors (Lipinski definition) is 1. The normalized spacial score (nSPS) is 18.0. The first-order valence-corrected chi connectivity index (χ1v) is 6.81. The number of aliphatic carboxylic acids is 1. The molecular weight excluding hydrogens is 276 g/mol. The van der Waals surface area contributed by atoms with Crippen molar-refractivity contribution in [3.63, 3.8) is 0 Å². The van der Waals surface area contributed by atoms with Crippen molar-refractivity contribution >= 4 is 17.3 Å². The number of benzene rings is 1. The monoisotopic (exact) mass is 294 g/mol. The Balaban J connectivity index is 2.25. The molecule has 0 amide bonds. The van der Waals surface area contributed by atoms with Gasteiger partial charge in [-0.1, -0.05) is 0 Å². The molecule has 1 fully saturated rings. The molecule has 7 nitrogen and oxygen atoms in total. The molecule has 1 unspecified atom stereocenters. The Morgan fingerprint density at radius 3 is 2.76 bits per heavy atom. The molecule has 1 atom stereocenters. The SMILES string of the molecule is CC(C)Oc1cc(N2CCC(C(=O)O)C2)ccc1[N+](=O)[O-]. The Bertz CT molecular complexity index is 558. The molecule has 7 heteroatoms. The first-order chi connectivity index (χ1) is 9.88. The standard InChI is InChI=1S/C14H18N2O5/c1-9(2)21-13-7-11(3-4-12(13)16(19)20)15-6-5-10(8-15)14(17)18/h3-4,7,9-10H,5-6,8H2,1-2H3,(H,17,18). The maximum absolute atomic E-state index is 11.0. The Morgan fingerprint density at radius 2 is 2.24 bits per heavy atom. The average Bonchev–Trinajstić information content (AvgIpc) is 2.87. The second kappa shape index (κ2) is 5.99. The molecule has 0 aromatic heterocycles. The van der Waals surface area contributed by atoms with Gasteiger partial charge in [-0.25, -0.2) is 0 Å². The van der Waals surface area contributed by atoms with Crippen LogP contribution in [0.5, 0.6) is 5.75 Å². The van der Waals surface area contributed by atoms with Crippen LogP contribution < -0.4 is 9.64 Å². The molecule has 0 bridgehead atoms. The summed E-state index contributed by atoms with van der Waals surface area (Å²) in [5.74, 6) is -0.987. The van der Waals surface area contributed by atoms with Crippen molar-refractivity contribution in [2.24, 2.45) is 5.92 Å². The van der Waals surface area contributed by atoms with E-state index in [0.717, 1.165) is 5.69 Å². The van der Waals surface area contributed by atoms with E-state index < -0.39 is 16.8 Å². The molecule has 1 N–H and O–H groups in total. The van der Waals surface area contributed by atoms with Gasteiger partial charge in [-0.2, -0.15) is 0 Å². The van der Waals surface area contributed by atoms with E-state index in [1.165, 1.54) is 6.07 Å². The van der Waals surface area contributed by atoms with E-state index in [2.05, 4.69) is 0 Å². The van der Waals surface area contributed by atoms with E-state index in [4.69, 9.17) is 9.84 Å². The van der Waals surface area contributed by atoms with Crippen molar-refractivity contribution in [3.05, 3.63) is 28.3 Å². The van der Waals surface area contributed by atoms with Gasteiger partial charge in [0.15, 0.2) is 5.75 Å². The number of carboxylic acid groups (broad SMARTS) is 1. The van der Waals surface area contributed by atoms with Crippen LogP contribution in [0.3, 0.4) is 0 Å². The maximum atomic E-state index is 11.0. The first kappa shape index (κ1) is 15.1. The number of carbonyl (C=O) groups is 1. The van der Waals surface area contributed by atoms with Crippen molar-refractivity contribution < 1.29 is 19.6 Å². The van der Waals surface area contributed by atoms with E-state index in [1.54, 1.807) is 26.0 Å². The van der Waals surface area contributed by atoms with E-state index in [9.17, 15) is 14.9 Å². The van der Waals surface area contributed by atoms with Gasteiger partial charge in [-0.3, -0.25) is 14.9 Å². The van der Waals surface area contributed by atoms with Crippen molar-refractivity contribution in [3.8, 4) is 5.75 Å². The number of nitro groups is 1. The number of ether oxygens (including phenoxy) is 1. The van der Waals surface area contributed by atoms with Gasteiger partial charge in [0.25, 0.3) is 0 Å². The van der Waals surface area contributed by atoms with Gasteiger partial charge in [-0.15, -0.1) is 0 Å². The molecule has 1 aliphatic heterocycles. The highest BCUT2D eigenvalue weighted by Crippen LogP contribution is 2.34. The van der Waals surface area contributed by atoms with Gasteiger partial charge in [0, 0.05) is 30.9 Å². The third-order valence-electron chi connectivity index (χ3n) is 3.41. The molecule has 0 aliphatic carbocycles. The molecule has 114 valence electrons. The highest BCUT2D eigenvalue weighted by atomic mass is 16.6. The highest BCUT2D eigenvalue weighted by molar-refractivity contribution is 5.72. The van der Waals surface area contributed by atoms with E-state index >= 15 is 0 Å². The maximum Gasteiger partial charge on any atom is 0.311 e. The van der Waals surface area contributed by atoms with Crippen LogP contribution in [0.2, 0.25) is 0 Å². The highest BCUT2D eigenvalue weighted by Gasteiger charge is 2.29. The van der Waals surface area contributed by atoms with Gasteiger partial charge in [0.05, 0.1) is 16.9 Å². The summed E-state index contributed by atoms with van der Waals surface area (Å²) in [5, 5.41) is 20.0. The van der Waals surface area contributed by atoms with Gasteiger partial charge in [0.1, 0.15) is 0 Å². The van der Waals surface area contributed by atoms with Crippen LogP contribution in [-0.4, -0.2) is 35.2 Å². The van der Waals surface area contributed by atoms with E-state index in [0.29, 0.717) is 19.5 Å². The minimum Gasteiger partial charge on any atom is -0.484 e. The number of anilines is 1. The molecule has 1 aromatic carbocycles.